The molecule has 5 rings (SSSR count). The first-order valence-electron chi connectivity index (χ1n) is 13.7. The van der Waals surface area contributed by atoms with Gasteiger partial charge in [0.2, 0.25) is 0 Å². The van der Waals surface area contributed by atoms with Crippen LogP contribution in [0.3, 0.4) is 0 Å². The lowest BCUT2D eigenvalue weighted by molar-refractivity contribution is 0.443. The topological polar surface area (TPSA) is 0 Å². The molecule has 0 heteroatoms. The van der Waals surface area contributed by atoms with Crippen LogP contribution in [0.25, 0.3) is 17.2 Å². The van der Waals surface area contributed by atoms with E-state index >= 15 is 0 Å². The van der Waals surface area contributed by atoms with Crippen LogP contribution in [0.1, 0.15) is 79.7 Å². The minimum Gasteiger partial charge on any atom is -0.0993 e. The fraction of sp³-hybridized carbons (Fsp3) is 0.371. The second kappa shape index (κ2) is 10.8. The first-order valence-corrected chi connectivity index (χ1v) is 13.7. The molecule has 0 aliphatic heterocycles. The third-order valence-electron chi connectivity index (χ3n) is 8.29. The Bertz CT molecular complexity index is 1190. The Kier molecular flexibility index (Phi) is 7.37. The van der Waals surface area contributed by atoms with Gasteiger partial charge in [-0.1, -0.05) is 124 Å². The molecule has 3 aromatic rings. The van der Waals surface area contributed by atoms with E-state index in [0.717, 1.165) is 19.3 Å². The first-order chi connectivity index (χ1) is 17.1. The highest BCUT2D eigenvalue weighted by molar-refractivity contribution is 5.80. The molecule has 35 heavy (non-hydrogen) atoms. The van der Waals surface area contributed by atoms with Crippen molar-refractivity contribution in [1.29, 1.82) is 0 Å². The van der Waals surface area contributed by atoms with Crippen LogP contribution in [0.4, 0.5) is 0 Å². The van der Waals surface area contributed by atoms with Crippen molar-refractivity contribution in [2.45, 2.75) is 71.1 Å². The van der Waals surface area contributed by atoms with Crippen molar-refractivity contribution >= 4 is 6.08 Å². The van der Waals surface area contributed by atoms with Crippen molar-refractivity contribution in [2.24, 2.45) is 11.8 Å². The van der Waals surface area contributed by atoms with Crippen LogP contribution in [-0.2, 0) is 19.3 Å². The zero-order chi connectivity index (χ0) is 24.2. The molecule has 0 bridgehead atoms. The van der Waals surface area contributed by atoms with E-state index in [9.17, 15) is 0 Å². The fourth-order valence-corrected chi connectivity index (χ4v) is 6.20. The second-order valence-electron chi connectivity index (χ2n) is 11.1. The van der Waals surface area contributed by atoms with E-state index in [2.05, 4.69) is 99.3 Å². The monoisotopic (exact) mass is 460 g/mol. The van der Waals surface area contributed by atoms with Crippen LogP contribution >= 0.6 is 0 Å². The highest BCUT2D eigenvalue weighted by atomic mass is 14.3. The van der Waals surface area contributed by atoms with Gasteiger partial charge in [-0.15, -0.1) is 0 Å². The van der Waals surface area contributed by atoms with Crippen LogP contribution in [0.15, 0.2) is 85.0 Å². The average Bonchev–Trinajstić information content (AvgIpc) is 3.38. The van der Waals surface area contributed by atoms with Gasteiger partial charge in [0.15, 0.2) is 0 Å². The Morgan fingerprint density at radius 2 is 1.63 bits per heavy atom. The van der Waals surface area contributed by atoms with E-state index in [0.29, 0.717) is 17.8 Å². The number of rotatable bonds is 8. The molecule has 180 valence electrons. The first kappa shape index (κ1) is 23.9. The maximum absolute atomic E-state index is 4.58. The molecule has 0 nitrogen and oxygen atoms in total. The predicted octanol–water partition coefficient (Wildman–Crippen LogP) is 9.58. The fourth-order valence-electron chi connectivity index (χ4n) is 6.20. The molecule has 0 amide bonds. The summed E-state index contributed by atoms with van der Waals surface area (Å²) >= 11 is 0. The molecular weight excluding hydrogens is 420 g/mol. The van der Waals surface area contributed by atoms with Crippen molar-refractivity contribution in [3.8, 4) is 11.1 Å². The lowest BCUT2D eigenvalue weighted by Crippen LogP contribution is -2.15. The Morgan fingerprint density at radius 3 is 2.40 bits per heavy atom. The van der Waals surface area contributed by atoms with E-state index in [1.807, 2.05) is 0 Å². The smallest absolute Gasteiger partial charge is 0.00879 e. The van der Waals surface area contributed by atoms with Crippen LogP contribution in [0.2, 0.25) is 0 Å². The lowest BCUT2D eigenvalue weighted by atomic mass is 9.79. The van der Waals surface area contributed by atoms with Gasteiger partial charge in [0.1, 0.15) is 0 Å². The van der Waals surface area contributed by atoms with Crippen molar-refractivity contribution in [2.75, 3.05) is 0 Å². The summed E-state index contributed by atoms with van der Waals surface area (Å²) < 4.78 is 0. The van der Waals surface area contributed by atoms with Gasteiger partial charge in [0, 0.05) is 0 Å². The molecule has 2 aliphatic carbocycles. The molecule has 2 aliphatic rings. The Labute approximate surface area is 212 Å². The van der Waals surface area contributed by atoms with Crippen LogP contribution in [0, 0.1) is 11.8 Å². The standard InChI is InChI=1S/C35H40/c1-25(2)26(3)31(20-27-12-6-4-7-13-27)21-28-22-32(29-14-8-5-9-15-29)24-33(23-28)35-19-11-17-30-16-10-18-34(30)35/h4,6-7,10-13,17-19,22-25,29,31H,3,5,8-9,14-16,20-21H2,1-2H3. The van der Waals surface area contributed by atoms with Gasteiger partial charge in [0.05, 0.1) is 0 Å². The van der Waals surface area contributed by atoms with E-state index in [1.165, 1.54) is 71.1 Å². The van der Waals surface area contributed by atoms with Gasteiger partial charge in [-0.3, -0.25) is 0 Å². The summed E-state index contributed by atoms with van der Waals surface area (Å²) in [6.07, 6.45) is 14.6. The molecule has 0 heterocycles. The van der Waals surface area contributed by atoms with Crippen LogP contribution in [-0.4, -0.2) is 0 Å². The maximum Gasteiger partial charge on any atom is -0.00879 e. The summed E-state index contributed by atoms with van der Waals surface area (Å²) in [7, 11) is 0. The van der Waals surface area contributed by atoms with Gasteiger partial charge in [0.25, 0.3) is 0 Å². The zero-order valence-corrected chi connectivity index (χ0v) is 21.6. The second-order valence-corrected chi connectivity index (χ2v) is 11.1. The highest BCUT2D eigenvalue weighted by Crippen LogP contribution is 2.38. The molecule has 1 saturated carbocycles. The largest absolute Gasteiger partial charge is 0.0993 e. The normalized spacial score (nSPS) is 16.4. The molecule has 0 saturated heterocycles. The number of hydrogen-bond acceptors (Lipinski definition) is 0. The van der Waals surface area contributed by atoms with Crippen molar-refractivity contribution in [1.82, 2.24) is 0 Å². The molecule has 3 aromatic carbocycles. The van der Waals surface area contributed by atoms with Gasteiger partial charge < -0.3 is 0 Å². The lowest BCUT2D eigenvalue weighted by Gasteiger charge is -2.26. The zero-order valence-electron chi connectivity index (χ0n) is 21.6. The number of hydrogen-bond donors (Lipinski definition) is 0. The highest BCUT2D eigenvalue weighted by Gasteiger charge is 2.21. The average molecular weight is 461 g/mol. The van der Waals surface area contributed by atoms with Crippen LogP contribution < -0.4 is 0 Å². The maximum atomic E-state index is 4.58. The van der Waals surface area contributed by atoms with Gasteiger partial charge in [-0.25, -0.2) is 0 Å². The molecule has 1 unspecified atom stereocenters. The van der Waals surface area contributed by atoms with Gasteiger partial charge in [-0.05, 0) is 88.8 Å². The summed E-state index contributed by atoms with van der Waals surface area (Å²) in [5, 5.41) is 0. The summed E-state index contributed by atoms with van der Waals surface area (Å²) in [4.78, 5) is 0. The molecule has 0 N–H and O–H groups in total. The van der Waals surface area contributed by atoms with E-state index in [4.69, 9.17) is 0 Å². The van der Waals surface area contributed by atoms with E-state index in [1.54, 1.807) is 5.56 Å². The Balaban J connectivity index is 1.53. The number of fused-ring (bicyclic) bond motifs is 1. The van der Waals surface area contributed by atoms with Gasteiger partial charge in [-0.2, -0.15) is 0 Å². The molecule has 1 atom stereocenters. The Hall–Kier alpha value is -2.86. The minimum atomic E-state index is 0.452. The SMILES string of the molecule is C=C(C(C)C)C(Cc1ccccc1)Cc1cc(-c2cccc3c2C=CC3)cc(C2CCCCC2)c1. The molecular formula is C35H40. The quantitative estimate of drug-likeness (QED) is 0.294. The van der Waals surface area contributed by atoms with E-state index in [-0.39, 0.29) is 0 Å². The van der Waals surface area contributed by atoms with Crippen molar-refractivity contribution in [3.63, 3.8) is 0 Å². The molecule has 0 aromatic heterocycles. The number of benzene rings is 3. The molecule has 1 fully saturated rings. The summed E-state index contributed by atoms with van der Waals surface area (Å²) in [6, 6.07) is 25.4. The summed E-state index contributed by atoms with van der Waals surface area (Å²) in [5.74, 6) is 1.65. The summed E-state index contributed by atoms with van der Waals surface area (Å²) in [6.45, 7) is 9.17. The van der Waals surface area contributed by atoms with Gasteiger partial charge >= 0.3 is 0 Å². The predicted molar refractivity (Wildman–Crippen MR) is 152 cm³/mol. The number of allylic oxidation sites excluding steroid dienone is 2. The minimum absolute atomic E-state index is 0.452. The van der Waals surface area contributed by atoms with E-state index < -0.39 is 0 Å². The summed E-state index contributed by atoms with van der Waals surface area (Å²) in [5.41, 5.74) is 11.5. The van der Waals surface area contributed by atoms with Crippen molar-refractivity contribution < 1.29 is 0 Å². The third kappa shape index (κ3) is 5.53. The third-order valence-corrected chi connectivity index (χ3v) is 8.29. The molecule has 0 spiro atoms. The van der Waals surface area contributed by atoms with Crippen LogP contribution in [0.5, 0.6) is 0 Å². The Morgan fingerprint density at radius 1 is 0.857 bits per heavy atom. The van der Waals surface area contributed by atoms with Crippen molar-refractivity contribution in [3.05, 3.63) is 113 Å². The molecule has 0 radical (unpaired) electrons.